The topological polar surface area (TPSA) is 3.24 Å². The zero-order valence-electron chi connectivity index (χ0n) is 10.4. The summed E-state index contributed by atoms with van der Waals surface area (Å²) in [6, 6.07) is 6.19. The molecule has 1 heterocycles. The van der Waals surface area contributed by atoms with Crippen LogP contribution in [0.3, 0.4) is 0 Å². The monoisotopic (exact) mass is 271 g/mol. The van der Waals surface area contributed by atoms with E-state index in [1.807, 2.05) is 18.2 Å². The van der Waals surface area contributed by atoms with Crippen LogP contribution < -0.4 is 0 Å². The normalized spacial score (nSPS) is 20.5. The lowest BCUT2D eigenvalue weighted by molar-refractivity contribution is 0.147. The molecule has 1 nitrogen and oxygen atoms in total. The number of hydrogen-bond donors (Lipinski definition) is 0. The summed E-state index contributed by atoms with van der Waals surface area (Å²) >= 11 is 12.2. The summed E-state index contributed by atoms with van der Waals surface area (Å²) in [5.74, 6) is 0.860. The van der Waals surface area contributed by atoms with Crippen LogP contribution in [-0.2, 0) is 0 Å². The molecule has 1 aromatic carbocycles. The van der Waals surface area contributed by atoms with Crippen molar-refractivity contribution in [2.24, 2.45) is 5.92 Å². The molecule has 0 saturated carbocycles. The van der Waals surface area contributed by atoms with Gasteiger partial charge in [-0.15, -0.1) is 0 Å². The van der Waals surface area contributed by atoms with E-state index >= 15 is 0 Å². The van der Waals surface area contributed by atoms with E-state index in [-0.39, 0.29) is 0 Å². The predicted molar refractivity (Wildman–Crippen MR) is 74.8 cm³/mol. The maximum Gasteiger partial charge on any atom is 0.0468 e. The van der Waals surface area contributed by atoms with Crippen LogP contribution in [0.5, 0.6) is 0 Å². The lowest BCUT2D eigenvalue weighted by Crippen LogP contribution is -2.35. The fourth-order valence-corrected chi connectivity index (χ4v) is 3.02. The Balaban J connectivity index is 2.11. The highest BCUT2D eigenvalue weighted by Gasteiger charge is 2.22. The van der Waals surface area contributed by atoms with Gasteiger partial charge in [-0.25, -0.2) is 0 Å². The Morgan fingerprint density at radius 3 is 2.47 bits per heavy atom. The van der Waals surface area contributed by atoms with Gasteiger partial charge >= 0.3 is 0 Å². The summed E-state index contributed by atoms with van der Waals surface area (Å²) in [5.41, 5.74) is 1.19. The minimum Gasteiger partial charge on any atom is -0.297 e. The van der Waals surface area contributed by atoms with Gasteiger partial charge in [0.2, 0.25) is 0 Å². The van der Waals surface area contributed by atoms with Gasteiger partial charge in [0.1, 0.15) is 0 Å². The second-order valence-corrected chi connectivity index (χ2v) is 5.90. The first-order valence-corrected chi connectivity index (χ1v) is 7.02. The molecule has 1 unspecified atom stereocenters. The van der Waals surface area contributed by atoms with Crippen LogP contribution in [0, 0.1) is 5.92 Å². The SMILES string of the molecule is CC1CCN(C(C)c2ccc(Cl)cc2Cl)CC1. The number of rotatable bonds is 2. The van der Waals surface area contributed by atoms with E-state index in [9.17, 15) is 0 Å². The first-order chi connectivity index (χ1) is 8.08. The molecule has 2 rings (SSSR count). The number of benzene rings is 1. The maximum absolute atomic E-state index is 6.26. The average Bonchev–Trinajstić information content (AvgIpc) is 2.29. The maximum atomic E-state index is 6.26. The number of nitrogens with zero attached hydrogens (tertiary/aromatic N) is 1. The summed E-state index contributed by atoms with van der Waals surface area (Å²) < 4.78 is 0. The molecule has 0 bridgehead atoms. The van der Waals surface area contributed by atoms with Crippen molar-refractivity contribution in [3.63, 3.8) is 0 Å². The van der Waals surface area contributed by atoms with Crippen LogP contribution in [0.4, 0.5) is 0 Å². The molecular weight excluding hydrogens is 253 g/mol. The highest BCUT2D eigenvalue weighted by molar-refractivity contribution is 6.35. The first kappa shape index (κ1) is 13.2. The molecule has 94 valence electrons. The van der Waals surface area contributed by atoms with E-state index in [1.54, 1.807) is 0 Å². The fraction of sp³-hybridized carbons (Fsp3) is 0.571. The predicted octanol–water partition coefficient (Wildman–Crippen LogP) is 4.79. The van der Waals surface area contributed by atoms with Crippen molar-refractivity contribution < 1.29 is 0 Å². The molecule has 1 saturated heterocycles. The number of hydrogen-bond acceptors (Lipinski definition) is 1. The summed E-state index contributed by atoms with van der Waals surface area (Å²) in [4.78, 5) is 2.51. The molecule has 0 spiro atoms. The van der Waals surface area contributed by atoms with Crippen molar-refractivity contribution >= 4 is 23.2 Å². The lowest BCUT2D eigenvalue weighted by Gasteiger charge is -2.35. The number of piperidine rings is 1. The number of halogens is 2. The van der Waals surface area contributed by atoms with Crippen LogP contribution in [0.25, 0.3) is 0 Å². The lowest BCUT2D eigenvalue weighted by atomic mass is 9.96. The fourth-order valence-electron chi connectivity index (χ4n) is 2.45. The van der Waals surface area contributed by atoms with Crippen molar-refractivity contribution in [2.45, 2.75) is 32.7 Å². The number of likely N-dealkylation sites (tertiary alicyclic amines) is 1. The van der Waals surface area contributed by atoms with E-state index in [2.05, 4.69) is 18.7 Å². The van der Waals surface area contributed by atoms with Crippen molar-refractivity contribution in [2.75, 3.05) is 13.1 Å². The Hall–Kier alpha value is -0.240. The average molecular weight is 272 g/mol. The van der Waals surface area contributed by atoms with Gasteiger partial charge in [-0.3, -0.25) is 4.90 Å². The van der Waals surface area contributed by atoms with Crippen LogP contribution >= 0.6 is 23.2 Å². The van der Waals surface area contributed by atoms with Gasteiger partial charge in [0.25, 0.3) is 0 Å². The van der Waals surface area contributed by atoms with E-state index < -0.39 is 0 Å². The third-order valence-electron chi connectivity index (χ3n) is 3.78. The van der Waals surface area contributed by atoms with E-state index in [0.717, 1.165) is 10.9 Å². The highest BCUT2D eigenvalue weighted by Crippen LogP contribution is 2.32. The van der Waals surface area contributed by atoms with Crippen molar-refractivity contribution in [3.8, 4) is 0 Å². The summed E-state index contributed by atoms with van der Waals surface area (Å²) in [6.45, 7) is 6.89. The molecule has 1 atom stereocenters. The molecule has 1 fully saturated rings. The minimum atomic E-state index is 0.382. The van der Waals surface area contributed by atoms with Gasteiger partial charge in [0.15, 0.2) is 0 Å². The molecule has 0 N–H and O–H groups in total. The molecule has 0 aliphatic carbocycles. The quantitative estimate of drug-likeness (QED) is 0.748. The Morgan fingerprint density at radius 1 is 1.24 bits per heavy atom. The first-order valence-electron chi connectivity index (χ1n) is 6.27. The molecule has 0 aromatic heterocycles. The molecular formula is C14H19Cl2N. The van der Waals surface area contributed by atoms with E-state index in [0.29, 0.717) is 11.1 Å². The Morgan fingerprint density at radius 2 is 1.88 bits per heavy atom. The van der Waals surface area contributed by atoms with Gasteiger partial charge in [-0.1, -0.05) is 36.2 Å². The van der Waals surface area contributed by atoms with Gasteiger partial charge < -0.3 is 0 Å². The standard InChI is InChI=1S/C14H19Cl2N/c1-10-5-7-17(8-6-10)11(2)13-4-3-12(15)9-14(13)16/h3-4,9-11H,5-8H2,1-2H3. The Kier molecular flexibility index (Phi) is 4.35. The molecule has 1 aliphatic rings. The van der Waals surface area contributed by atoms with Gasteiger partial charge in [-0.2, -0.15) is 0 Å². The van der Waals surface area contributed by atoms with Crippen molar-refractivity contribution in [1.82, 2.24) is 4.90 Å². The smallest absolute Gasteiger partial charge is 0.0468 e. The van der Waals surface area contributed by atoms with Crippen LogP contribution in [0.1, 0.15) is 38.3 Å². The van der Waals surface area contributed by atoms with Crippen molar-refractivity contribution in [3.05, 3.63) is 33.8 Å². The molecule has 0 amide bonds. The van der Waals surface area contributed by atoms with Gasteiger partial charge in [0, 0.05) is 16.1 Å². The van der Waals surface area contributed by atoms with Gasteiger partial charge in [0.05, 0.1) is 0 Å². The molecule has 1 aliphatic heterocycles. The highest BCUT2D eigenvalue weighted by atomic mass is 35.5. The van der Waals surface area contributed by atoms with Crippen LogP contribution in [-0.4, -0.2) is 18.0 Å². The largest absolute Gasteiger partial charge is 0.297 e. The third-order valence-corrected chi connectivity index (χ3v) is 4.34. The van der Waals surface area contributed by atoms with E-state index in [1.165, 1.54) is 31.5 Å². The van der Waals surface area contributed by atoms with Crippen LogP contribution in [0.2, 0.25) is 10.0 Å². The zero-order chi connectivity index (χ0) is 12.4. The Bertz CT molecular complexity index is 384. The second kappa shape index (κ2) is 5.60. The molecule has 0 radical (unpaired) electrons. The van der Waals surface area contributed by atoms with Gasteiger partial charge in [-0.05, 0) is 56.5 Å². The minimum absolute atomic E-state index is 0.382. The summed E-state index contributed by atoms with van der Waals surface area (Å²) in [7, 11) is 0. The van der Waals surface area contributed by atoms with E-state index in [4.69, 9.17) is 23.2 Å². The molecule has 17 heavy (non-hydrogen) atoms. The summed E-state index contributed by atoms with van der Waals surface area (Å²) in [5, 5.41) is 1.49. The molecule has 1 aromatic rings. The second-order valence-electron chi connectivity index (χ2n) is 5.06. The summed E-state index contributed by atoms with van der Waals surface area (Å²) in [6.07, 6.45) is 2.57. The van der Waals surface area contributed by atoms with Crippen molar-refractivity contribution in [1.29, 1.82) is 0 Å². The zero-order valence-corrected chi connectivity index (χ0v) is 11.9. The third kappa shape index (κ3) is 3.15. The Labute approximate surface area is 114 Å². The van der Waals surface area contributed by atoms with Crippen LogP contribution in [0.15, 0.2) is 18.2 Å². The molecule has 3 heteroatoms.